The van der Waals surface area contributed by atoms with Gasteiger partial charge in [-0.25, -0.2) is 13.1 Å². The second kappa shape index (κ2) is 7.91. The first-order chi connectivity index (χ1) is 10.1. The van der Waals surface area contributed by atoms with Crippen molar-refractivity contribution >= 4 is 27.7 Å². The summed E-state index contributed by atoms with van der Waals surface area (Å²) in [4.78, 5) is 1.37. The average molecular weight is 332 g/mol. The Morgan fingerprint density at radius 2 is 1.90 bits per heavy atom. The summed E-state index contributed by atoms with van der Waals surface area (Å²) in [7, 11) is -3.40. The topological polar surface area (TPSA) is 59.8 Å². The van der Waals surface area contributed by atoms with Gasteiger partial charge in [-0.05, 0) is 23.8 Å². The van der Waals surface area contributed by atoms with Crippen LogP contribution in [0, 0.1) is 0 Å². The summed E-state index contributed by atoms with van der Waals surface area (Å²) < 4.78 is 31.6. The number of halogens is 1. The van der Waals surface area contributed by atoms with Crippen LogP contribution in [0.25, 0.3) is 6.08 Å². The van der Waals surface area contributed by atoms with Crippen LogP contribution in [0.4, 0.5) is 0 Å². The van der Waals surface area contributed by atoms with Crippen molar-refractivity contribution in [2.24, 2.45) is 0 Å². The van der Waals surface area contributed by atoms with Crippen molar-refractivity contribution in [2.75, 3.05) is 39.4 Å². The molecule has 7 heteroatoms. The highest BCUT2D eigenvalue weighted by atomic mass is 35.5. The predicted octanol–water partition coefficient (Wildman–Crippen LogP) is 0.145. The predicted molar refractivity (Wildman–Crippen MR) is 83.8 cm³/mol. The summed E-state index contributed by atoms with van der Waals surface area (Å²) in [6.45, 7) is 4.57. The Bertz CT molecular complexity index is 566. The van der Waals surface area contributed by atoms with E-state index in [1.54, 1.807) is 30.3 Å². The monoisotopic (exact) mass is 331 g/mol. The van der Waals surface area contributed by atoms with Gasteiger partial charge in [0.1, 0.15) is 13.1 Å². The van der Waals surface area contributed by atoms with E-state index < -0.39 is 10.0 Å². The van der Waals surface area contributed by atoms with E-state index in [1.165, 1.54) is 10.3 Å². The molecule has 0 spiro atoms. The van der Waals surface area contributed by atoms with Gasteiger partial charge in [-0.1, -0.05) is 23.7 Å². The molecule has 1 saturated heterocycles. The van der Waals surface area contributed by atoms with Crippen LogP contribution in [0.5, 0.6) is 0 Å². The fourth-order valence-electron chi connectivity index (χ4n) is 2.07. The van der Waals surface area contributed by atoms with Gasteiger partial charge >= 0.3 is 0 Å². The van der Waals surface area contributed by atoms with Crippen LogP contribution in [-0.2, 0) is 14.8 Å². The summed E-state index contributed by atoms with van der Waals surface area (Å²) in [6.07, 6.45) is 1.56. The lowest BCUT2D eigenvalue weighted by atomic mass is 10.2. The van der Waals surface area contributed by atoms with Crippen LogP contribution < -0.4 is 9.62 Å². The van der Waals surface area contributed by atoms with E-state index in [4.69, 9.17) is 16.3 Å². The second-order valence-corrected chi connectivity index (χ2v) is 6.99. The van der Waals surface area contributed by atoms with Crippen LogP contribution in [0.3, 0.4) is 0 Å². The van der Waals surface area contributed by atoms with Crippen molar-refractivity contribution in [2.45, 2.75) is 0 Å². The number of quaternary nitrogens is 1. The molecule has 2 rings (SSSR count). The van der Waals surface area contributed by atoms with E-state index in [2.05, 4.69) is 4.72 Å². The van der Waals surface area contributed by atoms with Gasteiger partial charge in [0.05, 0.1) is 26.3 Å². The molecule has 0 amide bonds. The van der Waals surface area contributed by atoms with Crippen molar-refractivity contribution in [3.8, 4) is 0 Å². The maximum Gasteiger partial charge on any atom is 0.233 e. The fourth-order valence-corrected chi connectivity index (χ4v) is 3.02. The van der Waals surface area contributed by atoms with Crippen LogP contribution in [0.15, 0.2) is 29.7 Å². The molecule has 0 aromatic heterocycles. The average Bonchev–Trinajstić information content (AvgIpc) is 2.48. The number of ether oxygens (including phenoxy) is 1. The summed E-state index contributed by atoms with van der Waals surface area (Å²) in [5.74, 6) is 0. The highest BCUT2D eigenvalue weighted by molar-refractivity contribution is 7.92. The van der Waals surface area contributed by atoms with Gasteiger partial charge in [0, 0.05) is 10.4 Å². The van der Waals surface area contributed by atoms with E-state index in [9.17, 15) is 8.42 Å². The van der Waals surface area contributed by atoms with E-state index >= 15 is 0 Å². The normalized spacial score (nSPS) is 17.4. The Hall–Kier alpha value is -0.920. The standard InChI is InChI=1S/C14H19ClN2O3S/c15-14-3-1-13(2-4-14)5-12-21(18,19)16-6-7-17-8-10-20-11-9-17/h1-5,12,16H,6-11H2/p+1/b12-5+. The third-order valence-corrected chi connectivity index (χ3v) is 4.64. The minimum absolute atomic E-state index is 0.433. The lowest BCUT2D eigenvalue weighted by molar-refractivity contribution is -0.906. The molecule has 0 unspecified atom stereocenters. The first-order valence-electron chi connectivity index (χ1n) is 6.90. The first kappa shape index (κ1) is 16.5. The minimum atomic E-state index is -3.40. The maximum absolute atomic E-state index is 11.9. The molecule has 21 heavy (non-hydrogen) atoms. The highest BCUT2D eigenvalue weighted by Crippen LogP contribution is 2.10. The molecular weight excluding hydrogens is 312 g/mol. The molecule has 2 N–H and O–H groups in total. The molecule has 1 aromatic rings. The third-order valence-electron chi connectivity index (χ3n) is 3.29. The zero-order valence-corrected chi connectivity index (χ0v) is 13.3. The molecule has 1 aliphatic rings. The molecule has 0 atom stereocenters. The first-order valence-corrected chi connectivity index (χ1v) is 8.82. The Kier molecular flexibility index (Phi) is 6.20. The number of hydrogen-bond donors (Lipinski definition) is 2. The number of hydrogen-bond acceptors (Lipinski definition) is 3. The van der Waals surface area contributed by atoms with Gasteiger partial charge in [-0.2, -0.15) is 0 Å². The molecule has 5 nitrogen and oxygen atoms in total. The number of nitrogens with one attached hydrogen (secondary N) is 2. The van der Waals surface area contributed by atoms with Crippen molar-refractivity contribution < 1.29 is 18.1 Å². The van der Waals surface area contributed by atoms with Crippen LogP contribution >= 0.6 is 11.6 Å². The fraction of sp³-hybridized carbons (Fsp3) is 0.429. The molecule has 116 valence electrons. The largest absolute Gasteiger partial charge is 0.370 e. The summed E-state index contributed by atoms with van der Waals surface area (Å²) >= 11 is 5.78. The maximum atomic E-state index is 11.9. The van der Waals surface area contributed by atoms with Crippen LogP contribution in [-0.4, -0.2) is 47.8 Å². The van der Waals surface area contributed by atoms with E-state index in [0.717, 1.165) is 38.4 Å². The Balaban J connectivity index is 1.79. The van der Waals surface area contributed by atoms with Crippen molar-refractivity contribution in [1.29, 1.82) is 0 Å². The lowest BCUT2D eigenvalue weighted by Gasteiger charge is -2.23. The zero-order chi connectivity index (χ0) is 15.1. The van der Waals surface area contributed by atoms with Crippen LogP contribution in [0.2, 0.25) is 5.02 Å². The van der Waals surface area contributed by atoms with Crippen molar-refractivity contribution in [1.82, 2.24) is 4.72 Å². The molecule has 0 saturated carbocycles. The number of benzene rings is 1. The lowest BCUT2D eigenvalue weighted by Crippen LogP contribution is -3.14. The molecule has 1 fully saturated rings. The molecule has 1 aliphatic heterocycles. The van der Waals surface area contributed by atoms with E-state index in [-0.39, 0.29) is 0 Å². The van der Waals surface area contributed by atoms with Gasteiger partial charge < -0.3 is 9.64 Å². The molecule has 0 aliphatic carbocycles. The number of sulfonamides is 1. The summed E-state index contributed by atoms with van der Waals surface area (Å²) in [5, 5.41) is 1.81. The van der Waals surface area contributed by atoms with Gasteiger partial charge in [0.15, 0.2) is 0 Å². The van der Waals surface area contributed by atoms with E-state index in [0.29, 0.717) is 11.6 Å². The van der Waals surface area contributed by atoms with Gasteiger partial charge in [0.25, 0.3) is 0 Å². The quantitative estimate of drug-likeness (QED) is 0.780. The number of morpholine rings is 1. The van der Waals surface area contributed by atoms with Gasteiger partial charge in [-0.3, -0.25) is 0 Å². The zero-order valence-electron chi connectivity index (χ0n) is 11.7. The van der Waals surface area contributed by atoms with Crippen molar-refractivity contribution in [3.63, 3.8) is 0 Å². The van der Waals surface area contributed by atoms with Gasteiger partial charge in [-0.15, -0.1) is 0 Å². The summed E-state index contributed by atoms with van der Waals surface area (Å²) in [6, 6.07) is 6.99. The molecule has 0 radical (unpaired) electrons. The Morgan fingerprint density at radius 3 is 2.57 bits per heavy atom. The smallest absolute Gasteiger partial charge is 0.233 e. The highest BCUT2D eigenvalue weighted by Gasteiger charge is 2.14. The molecule has 1 aromatic carbocycles. The van der Waals surface area contributed by atoms with Crippen LogP contribution in [0.1, 0.15) is 5.56 Å². The van der Waals surface area contributed by atoms with Gasteiger partial charge in [0.2, 0.25) is 10.0 Å². The van der Waals surface area contributed by atoms with Crippen molar-refractivity contribution in [3.05, 3.63) is 40.3 Å². The number of rotatable bonds is 6. The second-order valence-electron chi connectivity index (χ2n) is 4.91. The Morgan fingerprint density at radius 1 is 1.24 bits per heavy atom. The summed E-state index contributed by atoms with van der Waals surface area (Å²) in [5.41, 5.74) is 0.795. The van der Waals surface area contributed by atoms with E-state index in [1.807, 2.05) is 0 Å². The minimum Gasteiger partial charge on any atom is -0.370 e. The molecule has 1 heterocycles. The molecular formula is C14H20ClN2O3S+. The Labute approximate surface area is 130 Å². The molecule has 0 bridgehead atoms. The third kappa shape index (κ3) is 6.15. The SMILES string of the molecule is O=S(=O)(/C=C/c1ccc(Cl)cc1)NCC[NH+]1CCOCC1.